The van der Waals surface area contributed by atoms with Crippen molar-refractivity contribution in [3.05, 3.63) is 70.0 Å². The normalized spacial score (nSPS) is 9.59. The number of non-ortho nitro benzene ring substituents is 1. The molecule has 0 heterocycles. The van der Waals surface area contributed by atoms with E-state index in [0.29, 0.717) is 22.4 Å². The fraction of sp³-hybridized carbons (Fsp3) is 0.292. The Balaban J connectivity index is 0.000000944. The van der Waals surface area contributed by atoms with Crippen LogP contribution in [-0.4, -0.2) is 25.0 Å². The molecule has 0 bridgehead atoms. The monoisotopic (exact) mass is 444 g/mol. The van der Waals surface area contributed by atoms with E-state index < -0.39 is 10.7 Å². The Hall–Kier alpha value is -3.68. The quantitative estimate of drug-likeness (QED) is 0.359. The zero-order valence-corrected chi connectivity index (χ0v) is 19.2. The summed E-state index contributed by atoms with van der Waals surface area (Å²) in [6.07, 6.45) is 1.25. The maximum Gasteiger partial charge on any atom is 0.272 e. The van der Waals surface area contributed by atoms with Gasteiger partial charge in [-0.3, -0.25) is 14.9 Å². The van der Waals surface area contributed by atoms with E-state index in [1.54, 1.807) is 30.3 Å². The molecule has 0 radical (unpaired) electrons. The zero-order chi connectivity index (χ0) is 24.3. The molecule has 8 heteroatoms. The second-order valence-electron chi connectivity index (χ2n) is 6.29. The van der Waals surface area contributed by atoms with Crippen molar-refractivity contribution in [3.8, 4) is 17.2 Å². The van der Waals surface area contributed by atoms with Gasteiger partial charge < -0.3 is 14.8 Å². The first kappa shape index (κ1) is 26.4. The molecule has 0 unspecified atom stereocenters. The van der Waals surface area contributed by atoms with Gasteiger partial charge >= 0.3 is 0 Å². The van der Waals surface area contributed by atoms with Crippen molar-refractivity contribution >= 4 is 22.4 Å². The Morgan fingerprint density at radius 2 is 1.72 bits per heavy atom. The molecule has 32 heavy (non-hydrogen) atoms. The van der Waals surface area contributed by atoms with Crippen molar-refractivity contribution in [3.63, 3.8) is 0 Å². The lowest BCUT2D eigenvalue weighted by Crippen LogP contribution is -2.18. The van der Waals surface area contributed by atoms with Crippen LogP contribution in [0, 0.1) is 15.9 Å². The molecule has 0 fully saturated rings. The first-order valence-electron chi connectivity index (χ1n) is 10.3. The Labute approximate surface area is 187 Å². The molecule has 0 aliphatic rings. The minimum absolute atomic E-state index is 0.162. The number of carbonyl (C=O) groups is 1. The highest BCUT2D eigenvalue weighted by atomic mass is 19.1. The van der Waals surface area contributed by atoms with Crippen LogP contribution in [0.1, 0.15) is 44.5 Å². The van der Waals surface area contributed by atoms with Crippen LogP contribution >= 0.6 is 0 Å². The van der Waals surface area contributed by atoms with Gasteiger partial charge in [-0.05, 0) is 29.7 Å². The Bertz CT molecular complexity index is 1070. The summed E-state index contributed by atoms with van der Waals surface area (Å²) >= 11 is 0. The van der Waals surface area contributed by atoms with E-state index in [9.17, 15) is 19.3 Å². The number of hydrogen-bond donors (Lipinski definition) is 1. The van der Waals surface area contributed by atoms with Crippen LogP contribution in [0.4, 0.5) is 10.1 Å². The molecular weight excluding hydrogens is 415 g/mol. The molecule has 7 nitrogen and oxygen atoms in total. The molecule has 3 aromatic rings. The van der Waals surface area contributed by atoms with Crippen LogP contribution < -0.4 is 14.8 Å². The van der Waals surface area contributed by atoms with Gasteiger partial charge in [0.25, 0.3) is 11.6 Å². The van der Waals surface area contributed by atoms with Crippen molar-refractivity contribution in [1.82, 2.24) is 5.32 Å². The van der Waals surface area contributed by atoms with E-state index in [-0.39, 0.29) is 17.3 Å². The van der Waals surface area contributed by atoms with Crippen LogP contribution in [0.15, 0.2) is 48.5 Å². The van der Waals surface area contributed by atoms with Gasteiger partial charge in [0.15, 0.2) is 11.6 Å². The highest BCUT2D eigenvalue weighted by molar-refractivity contribution is 6.03. The second-order valence-corrected chi connectivity index (χ2v) is 6.29. The molecule has 0 atom stereocenters. The highest BCUT2D eigenvalue weighted by Gasteiger charge is 2.16. The minimum atomic E-state index is -0.860. The number of nitro groups is 1. The molecule has 0 spiro atoms. The molecule has 0 aliphatic heterocycles. The van der Waals surface area contributed by atoms with Crippen molar-refractivity contribution in [1.29, 1.82) is 0 Å². The summed E-state index contributed by atoms with van der Waals surface area (Å²) in [6.45, 7) is 8.25. The van der Waals surface area contributed by atoms with Gasteiger partial charge in [0.1, 0.15) is 11.5 Å². The summed E-state index contributed by atoms with van der Waals surface area (Å²) in [4.78, 5) is 22.2. The van der Waals surface area contributed by atoms with Crippen LogP contribution in [-0.2, 0) is 0 Å². The lowest BCUT2D eigenvalue weighted by atomic mass is 10.0. The van der Waals surface area contributed by atoms with E-state index in [0.717, 1.165) is 17.5 Å². The number of amides is 1. The Morgan fingerprint density at radius 1 is 1.06 bits per heavy atom. The Kier molecular flexibility index (Phi) is 10.6. The summed E-state index contributed by atoms with van der Waals surface area (Å²) in [5.74, 6) is -0.676. The summed E-state index contributed by atoms with van der Waals surface area (Å²) in [5, 5.41) is 14.6. The largest absolute Gasteiger partial charge is 0.496 e. The van der Waals surface area contributed by atoms with Gasteiger partial charge in [0.05, 0.1) is 23.7 Å². The third-order valence-electron chi connectivity index (χ3n) is 3.98. The third-order valence-corrected chi connectivity index (χ3v) is 3.98. The maximum atomic E-state index is 14.2. The number of fused-ring (bicyclic) bond motifs is 1. The van der Waals surface area contributed by atoms with Crippen molar-refractivity contribution in [2.24, 2.45) is 0 Å². The first-order valence-corrected chi connectivity index (χ1v) is 10.3. The molecule has 0 saturated heterocycles. The number of hydrogen-bond acceptors (Lipinski definition) is 5. The number of benzene rings is 3. The average Bonchev–Trinajstić information content (AvgIpc) is 2.80. The van der Waals surface area contributed by atoms with Gasteiger partial charge in [-0.1, -0.05) is 46.2 Å². The summed E-state index contributed by atoms with van der Waals surface area (Å²) < 4.78 is 25.1. The summed E-state index contributed by atoms with van der Waals surface area (Å²) in [7, 11) is 2.96. The number of nitrogens with zero attached hydrogens (tertiary/aromatic N) is 1. The fourth-order valence-electron chi connectivity index (χ4n) is 2.65. The number of rotatable bonds is 5. The minimum Gasteiger partial charge on any atom is -0.496 e. The summed E-state index contributed by atoms with van der Waals surface area (Å²) in [5.41, 5.74) is -0.0721. The van der Waals surface area contributed by atoms with Crippen molar-refractivity contribution in [2.45, 2.75) is 34.1 Å². The zero-order valence-electron chi connectivity index (χ0n) is 19.2. The smallest absolute Gasteiger partial charge is 0.272 e. The molecule has 3 rings (SSSR count). The predicted molar refractivity (Wildman–Crippen MR) is 124 cm³/mol. The average molecular weight is 445 g/mol. The summed E-state index contributed by atoms with van der Waals surface area (Å²) in [6, 6.07) is 11.5. The van der Waals surface area contributed by atoms with E-state index in [1.165, 1.54) is 26.6 Å². The molecule has 172 valence electrons. The van der Waals surface area contributed by atoms with Gasteiger partial charge in [-0.15, -0.1) is 0 Å². The van der Waals surface area contributed by atoms with Gasteiger partial charge in [0.2, 0.25) is 0 Å². The number of nitro benzene ring substituents is 1. The van der Waals surface area contributed by atoms with Gasteiger partial charge in [0, 0.05) is 18.5 Å². The van der Waals surface area contributed by atoms with E-state index in [1.807, 2.05) is 13.8 Å². The van der Waals surface area contributed by atoms with E-state index in [2.05, 4.69) is 19.2 Å². The standard InChI is InChI=1S/C19H15FN2O5.C3H8.C2H6/c1-21-19(23)14-10-13-11(8-18(14)26-2)4-3-5-16(13)27-17-7-6-12(22(24)25)9-15(17)20;1-3-2;1-2/h3-10H,1-2H3,(H,21,23);3H2,1-2H3;1-2H3. The van der Waals surface area contributed by atoms with Crippen molar-refractivity contribution < 1.29 is 23.6 Å². The third kappa shape index (κ3) is 6.41. The molecule has 3 aromatic carbocycles. The Morgan fingerprint density at radius 3 is 2.25 bits per heavy atom. The SMILES string of the molecule is CC.CCC.CNC(=O)c1cc2c(Oc3ccc([N+](=O)[O-])cc3F)cccc2cc1OC. The number of methoxy groups -OCH3 is 1. The van der Waals surface area contributed by atoms with Gasteiger partial charge in [-0.2, -0.15) is 0 Å². The number of ether oxygens (including phenoxy) is 2. The van der Waals surface area contributed by atoms with E-state index >= 15 is 0 Å². The van der Waals surface area contributed by atoms with Crippen LogP contribution in [0.2, 0.25) is 0 Å². The molecule has 1 amide bonds. The number of carbonyl (C=O) groups excluding carboxylic acids is 1. The maximum absolute atomic E-state index is 14.2. The molecule has 0 saturated carbocycles. The van der Waals surface area contributed by atoms with Crippen LogP contribution in [0.5, 0.6) is 17.2 Å². The molecule has 1 N–H and O–H groups in total. The van der Waals surface area contributed by atoms with Gasteiger partial charge in [-0.25, -0.2) is 4.39 Å². The van der Waals surface area contributed by atoms with Crippen LogP contribution in [0.25, 0.3) is 10.8 Å². The first-order chi connectivity index (χ1) is 15.4. The molecule has 0 aromatic heterocycles. The second kappa shape index (κ2) is 12.9. The molecular formula is C24H29FN2O5. The number of halogens is 1. The lowest BCUT2D eigenvalue weighted by molar-refractivity contribution is -0.385. The fourth-order valence-corrected chi connectivity index (χ4v) is 2.65. The molecule has 0 aliphatic carbocycles. The highest BCUT2D eigenvalue weighted by Crippen LogP contribution is 2.35. The topological polar surface area (TPSA) is 90.7 Å². The van der Waals surface area contributed by atoms with Crippen molar-refractivity contribution in [2.75, 3.05) is 14.2 Å². The van der Waals surface area contributed by atoms with Crippen LogP contribution in [0.3, 0.4) is 0 Å². The predicted octanol–water partition coefficient (Wildman–Crippen LogP) is 6.49. The number of nitrogens with one attached hydrogen (secondary N) is 1. The van der Waals surface area contributed by atoms with E-state index in [4.69, 9.17) is 9.47 Å². The lowest BCUT2D eigenvalue weighted by Gasteiger charge is -2.13.